The number of hydrogen-bond donors (Lipinski definition) is 1. The summed E-state index contributed by atoms with van der Waals surface area (Å²) in [6, 6.07) is 5.47. The Balaban J connectivity index is 1.86. The summed E-state index contributed by atoms with van der Waals surface area (Å²) in [4.78, 5) is 1.70. The van der Waals surface area contributed by atoms with Crippen LogP contribution in [-0.2, 0) is 19.7 Å². The van der Waals surface area contributed by atoms with Gasteiger partial charge in [-0.1, -0.05) is 0 Å². The molecule has 0 aromatic heterocycles. The Morgan fingerprint density at radius 3 is 2.16 bits per heavy atom. The second-order valence-corrected chi connectivity index (χ2v) is 10.4. The lowest BCUT2D eigenvalue weighted by atomic mass is 10.0. The molecule has 0 saturated carbocycles. The van der Waals surface area contributed by atoms with Gasteiger partial charge in [0, 0.05) is 37.6 Å². The first-order valence-corrected chi connectivity index (χ1v) is 11.5. The van der Waals surface area contributed by atoms with Crippen molar-refractivity contribution in [1.29, 1.82) is 0 Å². The van der Waals surface area contributed by atoms with E-state index in [9.17, 15) is 25.6 Å². The van der Waals surface area contributed by atoms with E-state index in [1.807, 2.05) is 0 Å². The fourth-order valence-electron chi connectivity index (χ4n) is 2.68. The topological polar surface area (TPSA) is 83.6 Å². The molecule has 1 N–H and O–H groups in total. The molecule has 0 unspecified atom stereocenters. The van der Waals surface area contributed by atoms with Gasteiger partial charge in [-0.25, -0.2) is 16.8 Å². The molecule has 2 rings (SSSR count). The van der Waals surface area contributed by atoms with Crippen LogP contribution < -0.4 is 5.32 Å². The Morgan fingerprint density at radius 2 is 1.68 bits per heavy atom. The number of nitrogens with zero attached hydrogens (tertiary/aromatic N) is 1. The average molecular weight is 396 g/mol. The zero-order chi connectivity index (χ0) is 18.7. The van der Waals surface area contributed by atoms with Crippen LogP contribution in [0.5, 0.6) is 0 Å². The zero-order valence-corrected chi connectivity index (χ0v) is 15.5. The summed E-state index contributed by atoms with van der Waals surface area (Å²) >= 11 is 0. The summed E-state index contributed by atoms with van der Waals surface area (Å²) in [6.45, 7) is 2.06. The van der Waals surface area contributed by atoms with Crippen LogP contribution in [0.4, 0.5) is 14.5 Å². The van der Waals surface area contributed by atoms with E-state index < -0.39 is 30.3 Å². The van der Waals surface area contributed by atoms with E-state index >= 15 is 0 Å². The average Bonchev–Trinajstić information content (AvgIpc) is 2.54. The first-order valence-electron chi connectivity index (χ1n) is 7.87. The van der Waals surface area contributed by atoms with Crippen LogP contribution in [0.25, 0.3) is 0 Å². The third kappa shape index (κ3) is 5.89. The molecule has 1 heterocycles. The standard InChI is InChI=1S/C15H22F2N2O4S2/c1-24(20,21)11-10-19-8-6-13(7-9-19)18-12-2-4-14(5-3-12)25(22,23)15(16)17/h2-5,13,15,18H,6-11H2,1H3. The normalized spacial score (nSPS) is 17.8. The number of nitrogens with one attached hydrogen (secondary N) is 1. The molecule has 1 aliphatic heterocycles. The predicted octanol–water partition coefficient (Wildman–Crippen LogP) is 1.60. The van der Waals surface area contributed by atoms with E-state index in [4.69, 9.17) is 0 Å². The van der Waals surface area contributed by atoms with Gasteiger partial charge in [0.15, 0.2) is 0 Å². The summed E-state index contributed by atoms with van der Waals surface area (Å²) in [5, 5.41) is 3.25. The maximum Gasteiger partial charge on any atom is 0.341 e. The lowest BCUT2D eigenvalue weighted by Gasteiger charge is -2.32. The molecule has 1 aromatic carbocycles. The minimum atomic E-state index is -4.57. The maximum absolute atomic E-state index is 12.5. The first-order chi connectivity index (χ1) is 11.6. The summed E-state index contributed by atoms with van der Waals surface area (Å²) in [6.07, 6.45) is 2.86. The van der Waals surface area contributed by atoms with Gasteiger partial charge < -0.3 is 10.2 Å². The third-order valence-electron chi connectivity index (χ3n) is 4.15. The molecule has 142 valence electrons. The van der Waals surface area contributed by atoms with Crippen LogP contribution in [0.15, 0.2) is 29.2 Å². The number of rotatable bonds is 7. The molecule has 0 radical (unpaired) electrons. The largest absolute Gasteiger partial charge is 0.382 e. The quantitative estimate of drug-likeness (QED) is 0.754. The molecule has 0 amide bonds. The molecule has 1 saturated heterocycles. The minimum Gasteiger partial charge on any atom is -0.382 e. The van der Waals surface area contributed by atoms with Crippen molar-refractivity contribution in [2.45, 2.75) is 29.5 Å². The van der Waals surface area contributed by atoms with Crippen LogP contribution in [0.2, 0.25) is 0 Å². The molecule has 0 atom stereocenters. The lowest BCUT2D eigenvalue weighted by Crippen LogP contribution is -2.41. The summed E-state index contributed by atoms with van der Waals surface area (Å²) in [5.74, 6) is -3.28. The van der Waals surface area contributed by atoms with E-state index in [-0.39, 0.29) is 11.8 Å². The van der Waals surface area contributed by atoms with Gasteiger partial charge in [0.1, 0.15) is 9.84 Å². The van der Waals surface area contributed by atoms with Crippen LogP contribution in [-0.4, -0.2) is 65.2 Å². The van der Waals surface area contributed by atoms with Crippen LogP contribution >= 0.6 is 0 Å². The van der Waals surface area contributed by atoms with Crippen LogP contribution in [0, 0.1) is 0 Å². The van der Waals surface area contributed by atoms with Gasteiger partial charge in [0.05, 0.1) is 10.6 Å². The number of halogens is 2. The van der Waals surface area contributed by atoms with Gasteiger partial charge in [-0.05, 0) is 37.1 Å². The Kier molecular flexibility index (Phi) is 6.39. The molecule has 6 nitrogen and oxygen atoms in total. The fourth-order valence-corrected chi connectivity index (χ4v) is 3.99. The van der Waals surface area contributed by atoms with Crippen molar-refractivity contribution >= 4 is 25.4 Å². The van der Waals surface area contributed by atoms with Gasteiger partial charge in [-0.2, -0.15) is 8.78 Å². The number of alkyl halides is 2. The van der Waals surface area contributed by atoms with Crippen molar-refractivity contribution in [3.8, 4) is 0 Å². The molecule has 0 bridgehead atoms. The number of anilines is 1. The van der Waals surface area contributed by atoms with E-state index in [0.717, 1.165) is 25.9 Å². The summed E-state index contributed by atoms with van der Waals surface area (Å²) in [5.41, 5.74) is 0.669. The highest BCUT2D eigenvalue weighted by Crippen LogP contribution is 2.22. The number of likely N-dealkylation sites (tertiary alicyclic amines) is 1. The smallest absolute Gasteiger partial charge is 0.341 e. The molecule has 1 aliphatic rings. The SMILES string of the molecule is CS(=O)(=O)CCN1CCC(Nc2ccc(S(=O)(=O)C(F)F)cc2)CC1. The van der Waals surface area contributed by atoms with Crippen molar-refractivity contribution in [2.75, 3.05) is 37.0 Å². The number of sulfone groups is 2. The Labute approximate surface area is 147 Å². The lowest BCUT2D eigenvalue weighted by molar-refractivity contribution is 0.230. The second kappa shape index (κ2) is 7.96. The monoisotopic (exact) mass is 396 g/mol. The van der Waals surface area contributed by atoms with Crippen molar-refractivity contribution < 1.29 is 25.6 Å². The number of piperidine rings is 1. The highest BCUT2D eigenvalue weighted by molar-refractivity contribution is 7.91. The van der Waals surface area contributed by atoms with Gasteiger partial charge in [0.2, 0.25) is 9.84 Å². The van der Waals surface area contributed by atoms with E-state index in [1.54, 1.807) is 0 Å². The van der Waals surface area contributed by atoms with Gasteiger partial charge in [0.25, 0.3) is 0 Å². The van der Waals surface area contributed by atoms with Gasteiger partial charge in [-0.15, -0.1) is 0 Å². The second-order valence-electron chi connectivity index (χ2n) is 6.22. The van der Waals surface area contributed by atoms with Crippen molar-refractivity contribution in [3.05, 3.63) is 24.3 Å². The maximum atomic E-state index is 12.5. The molecular weight excluding hydrogens is 374 g/mol. The van der Waals surface area contributed by atoms with Crippen LogP contribution in [0.3, 0.4) is 0 Å². The minimum absolute atomic E-state index is 0.144. The first kappa shape index (κ1) is 20.1. The highest BCUT2D eigenvalue weighted by atomic mass is 32.2. The Morgan fingerprint density at radius 1 is 1.12 bits per heavy atom. The Bertz CT molecular complexity index is 772. The Hall–Kier alpha value is -1.26. The predicted molar refractivity (Wildman–Crippen MR) is 92.4 cm³/mol. The third-order valence-corrected chi connectivity index (χ3v) is 6.48. The van der Waals surface area contributed by atoms with E-state index in [1.165, 1.54) is 30.5 Å². The van der Waals surface area contributed by atoms with Crippen molar-refractivity contribution in [1.82, 2.24) is 4.90 Å². The zero-order valence-electron chi connectivity index (χ0n) is 13.9. The fraction of sp³-hybridized carbons (Fsp3) is 0.600. The van der Waals surface area contributed by atoms with Gasteiger partial charge >= 0.3 is 5.76 Å². The van der Waals surface area contributed by atoms with E-state index in [2.05, 4.69) is 10.2 Å². The van der Waals surface area contributed by atoms with Crippen molar-refractivity contribution in [3.63, 3.8) is 0 Å². The molecule has 0 aliphatic carbocycles. The molecular formula is C15H22F2N2O4S2. The van der Waals surface area contributed by atoms with Crippen molar-refractivity contribution in [2.24, 2.45) is 0 Å². The summed E-state index contributed by atoms with van der Waals surface area (Å²) in [7, 11) is -7.54. The molecule has 0 spiro atoms. The molecule has 1 aromatic rings. The molecule has 1 fully saturated rings. The summed E-state index contributed by atoms with van der Waals surface area (Å²) < 4.78 is 70.1. The van der Waals surface area contributed by atoms with E-state index in [0.29, 0.717) is 12.2 Å². The highest BCUT2D eigenvalue weighted by Gasteiger charge is 2.26. The van der Waals surface area contributed by atoms with Gasteiger partial charge in [-0.3, -0.25) is 0 Å². The molecule has 25 heavy (non-hydrogen) atoms. The number of hydrogen-bond acceptors (Lipinski definition) is 6. The molecule has 10 heteroatoms. The van der Waals surface area contributed by atoms with Crippen LogP contribution in [0.1, 0.15) is 12.8 Å². The number of benzene rings is 1.